The summed E-state index contributed by atoms with van der Waals surface area (Å²) in [6.45, 7) is 4.39. The molecule has 3 aliphatic rings. The van der Waals surface area contributed by atoms with Gasteiger partial charge >= 0.3 is 6.09 Å². The fourth-order valence-electron chi connectivity index (χ4n) is 4.86. The van der Waals surface area contributed by atoms with E-state index < -0.39 is 11.9 Å². The number of halogens is 1. The fourth-order valence-corrected chi connectivity index (χ4v) is 4.86. The highest BCUT2D eigenvalue weighted by Gasteiger charge is 2.43. The number of nitrogen functional groups attached to an aromatic ring is 1. The molecule has 2 fully saturated rings. The molecular formula is C24H24FN5O5. The van der Waals surface area contributed by atoms with Gasteiger partial charge in [-0.05, 0) is 30.0 Å². The molecule has 0 bridgehead atoms. The molecule has 1 aromatic carbocycles. The van der Waals surface area contributed by atoms with Crippen LogP contribution in [0.2, 0.25) is 0 Å². The van der Waals surface area contributed by atoms with Gasteiger partial charge in [0.15, 0.2) is 5.82 Å². The van der Waals surface area contributed by atoms with Crippen LogP contribution in [0.1, 0.15) is 5.56 Å². The van der Waals surface area contributed by atoms with Gasteiger partial charge < -0.3 is 30.0 Å². The molecule has 0 unspecified atom stereocenters. The third kappa shape index (κ3) is 3.76. The number of pyridine rings is 2. The second-order valence-corrected chi connectivity index (χ2v) is 8.84. The maximum atomic E-state index is 15.3. The number of amides is 1. The quantitative estimate of drug-likeness (QED) is 0.483. The summed E-state index contributed by atoms with van der Waals surface area (Å²) in [4.78, 5) is 21.1. The molecule has 2 aromatic heterocycles. The first kappa shape index (κ1) is 21.8. The SMILES string of the molecule is Cc1c(-c2cc3cc(NC(=O)O[C@H]4CO[C@@H]5COC[C@H]45)ncc3c(N)c2F)cnc2c1NCCO2. The Labute approximate surface area is 199 Å². The molecular weight excluding hydrogens is 457 g/mol. The second kappa shape index (κ2) is 8.51. The average molecular weight is 481 g/mol. The maximum Gasteiger partial charge on any atom is 0.413 e. The largest absolute Gasteiger partial charge is 0.474 e. The minimum Gasteiger partial charge on any atom is -0.474 e. The first-order valence-electron chi connectivity index (χ1n) is 11.4. The summed E-state index contributed by atoms with van der Waals surface area (Å²) < 4.78 is 37.4. The van der Waals surface area contributed by atoms with Crippen molar-refractivity contribution in [3.05, 3.63) is 35.9 Å². The number of rotatable bonds is 3. The third-order valence-corrected chi connectivity index (χ3v) is 6.75. The number of fused-ring (bicyclic) bond motifs is 3. The first-order valence-corrected chi connectivity index (χ1v) is 11.4. The number of benzene rings is 1. The van der Waals surface area contributed by atoms with Crippen molar-refractivity contribution in [1.29, 1.82) is 0 Å². The van der Waals surface area contributed by atoms with Crippen molar-refractivity contribution in [1.82, 2.24) is 9.97 Å². The van der Waals surface area contributed by atoms with E-state index in [-0.39, 0.29) is 29.6 Å². The summed E-state index contributed by atoms with van der Waals surface area (Å²) in [5, 5.41) is 6.95. The fraction of sp³-hybridized carbons (Fsp3) is 0.375. The zero-order chi connectivity index (χ0) is 24.1. The second-order valence-electron chi connectivity index (χ2n) is 8.84. The summed E-state index contributed by atoms with van der Waals surface area (Å²) in [6, 6.07) is 3.30. The molecule has 3 aliphatic heterocycles. The molecule has 5 heterocycles. The van der Waals surface area contributed by atoms with Gasteiger partial charge in [0.25, 0.3) is 0 Å². The van der Waals surface area contributed by atoms with Gasteiger partial charge in [-0.25, -0.2) is 19.2 Å². The maximum absolute atomic E-state index is 15.3. The van der Waals surface area contributed by atoms with E-state index in [0.29, 0.717) is 60.8 Å². The molecule has 0 saturated carbocycles. The van der Waals surface area contributed by atoms with Crippen LogP contribution in [0.4, 0.5) is 26.4 Å². The van der Waals surface area contributed by atoms with Crippen molar-refractivity contribution in [3.8, 4) is 17.0 Å². The Morgan fingerprint density at radius 3 is 3.00 bits per heavy atom. The van der Waals surface area contributed by atoms with E-state index in [9.17, 15) is 4.79 Å². The predicted octanol–water partition coefficient (Wildman–Crippen LogP) is 3.09. The lowest BCUT2D eigenvalue weighted by molar-refractivity contribution is 0.0357. The lowest BCUT2D eigenvalue weighted by Crippen LogP contribution is -2.30. The van der Waals surface area contributed by atoms with Gasteiger partial charge in [0.1, 0.15) is 24.2 Å². The third-order valence-electron chi connectivity index (χ3n) is 6.75. The number of hydrogen-bond acceptors (Lipinski definition) is 9. The smallest absolute Gasteiger partial charge is 0.413 e. The lowest BCUT2D eigenvalue weighted by Gasteiger charge is -2.22. The molecule has 35 heavy (non-hydrogen) atoms. The van der Waals surface area contributed by atoms with Crippen molar-refractivity contribution in [2.45, 2.75) is 19.1 Å². The molecule has 4 N–H and O–H groups in total. The van der Waals surface area contributed by atoms with Gasteiger partial charge in [0.2, 0.25) is 5.88 Å². The number of nitrogens with zero attached hydrogens (tertiary/aromatic N) is 2. The normalized spacial score (nSPS) is 22.7. The molecule has 3 atom stereocenters. The van der Waals surface area contributed by atoms with E-state index in [1.165, 1.54) is 6.20 Å². The Bertz CT molecular complexity index is 1340. The molecule has 0 spiro atoms. The predicted molar refractivity (Wildman–Crippen MR) is 126 cm³/mol. The Balaban J connectivity index is 1.29. The van der Waals surface area contributed by atoms with Crippen molar-refractivity contribution in [3.63, 3.8) is 0 Å². The number of carbonyl (C=O) groups is 1. The molecule has 11 heteroatoms. The summed E-state index contributed by atoms with van der Waals surface area (Å²) in [7, 11) is 0. The molecule has 182 valence electrons. The van der Waals surface area contributed by atoms with E-state index in [1.807, 2.05) is 6.92 Å². The molecule has 1 amide bonds. The number of nitrogens with two attached hydrogens (primary N) is 1. The van der Waals surface area contributed by atoms with E-state index in [1.54, 1.807) is 18.3 Å². The number of anilines is 3. The summed E-state index contributed by atoms with van der Waals surface area (Å²) in [6.07, 6.45) is 1.95. The van der Waals surface area contributed by atoms with Crippen LogP contribution in [-0.2, 0) is 14.2 Å². The Morgan fingerprint density at radius 1 is 1.23 bits per heavy atom. The van der Waals surface area contributed by atoms with Crippen LogP contribution in [0, 0.1) is 18.7 Å². The minimum atomic E-state index is -0.644. The Hall–Kier alpha value is -3.70. The summed E-state index contributed by atoms with van der Waals surface area (Å²) in [5.41, 5.74) is 8.53. The van der Waals surface area contributed by atoms with Crippen LogP contribution in [0.15, 0.2) is 24.5 Å². The number of ether oxygens (including phenoxy) is 4. The number of carbonyl (C=O) groups excluding carboxylic acids is 1. The van der Waals surface area contributed by atoms with Crippen LogP contribution in [0.25, 0.3) is 21.9 Å². The summed E-state index contributed by atoms with van der Waals surface area (Å²) in [5.74, 6) is 0.219. The van der Waals surface area contributed by atoms with Gasteiger partial charge in [-0.1, -0.05) is 0 Å². The zero-order valence-electron chi connectivity index (χ0n) is 19.0. The van der Waals surface area contributed by atoms with Crippen molar-refractivity contribution in [2.24, 2.45) is 5.92 Å². The van der Waals surface area contributed by atoms with Crippen molar-refractivity contribution < 1.29 is 28.1 Å². The zero-order valence-corrected chi connectivity index (χ0v) is 19.0. The van der Waals surface area contributed by atoms with Gasteiger partial charge in [-0.2, -0.15) is 0 Å². The van der Waals surface area contributed by atoms with Gasteiger partial charge in [0, 0.05) is 35.5 Å². The van der Waals surface area contributed by atoms with Crippen LogP contribution >= 0.6 is 0 Å². The highest BCUT2D eigenvalue weighted by molar-refractivity contribution is 5.99. The number of hydrogen-bond donors (Lipinski definition) is 3. The van der Waals surface area contributed by atoms with Crippen LogP contribution in [0.3, 0.4) is 0 Å². The van der Waals surface area contributed by atoms with E-state index in [2.05, 4.69) is 20.6 Å². The summed E-state index contributed by atoms with van der Waals surface area (Å²) >= 11 is 0. The van der Waals surface area contributed by atoms with E-state index in [4.69, 9.17) is 24.7 Å². The van der Waals surface area contributed by atoms with E-state index >= 15 is 4.39 Å². The van der Waals surface area contributed by atoms with Gasteiger partial charge in [-0.3, -0.25) is 5.32 Å². The molecule has 6 rings (SSSR count). The molecule has 0 aliphatic carbocycles. The highest BCUT2D eigenvalue weighted by atomic mass is 19.1. The van der Waals surface area contributed by atoms with Gasteiger partial charge in [-0.15, -0.1) is 0 Å². The minimum absolute atomic E-state index is 0.0315. The highest BCUT2D eigenvalue weighted by Crippen LogP contribution is 2.39. The number of aromatic nitrogens is 2. The Kier molecular flexibility index (Phi) is 5.30. The average Bonchev–Trinajstić information content (AvgIpc) is 3.47. The number of nitrogens with one attached hydrogen (secondary N) is 2. The topological polar surface area (TPSA) is 130 Å². The molecule has 10 nitrogen and oxygen atoms in total. The van der Waals surface area contributed by atoms with E-state index in [0.717, 1.165) is 11.3 Å². The molecule has 3 aromatic rings. The lowest BCUT2D eigenvalue weighted by atomic mass is 9.97. The van der Waals surface area contributed by atoms with Crippen molar-refractivity contribution >= 4 is 34.1 Å². The van der Waals surface area contributed by atoms with Crippen LogP contribution in [-0.4, -0.2) is 61.2 Å². The first-order chi connectivity index (χ1) is 17.0. The van der Waals surface area contributed by atoms with Crippen molar-refractivity contribution in [2.75, 3.05) is 49.3 Å². The van der Waals surface area contributed by atoms with Crippen LogP contribution < -0.4 is 21.1 Å². The molecule has 2 saturated heterocycles. The molecule has 0 radical (unpaired) electrons. The van der Waals surface area contributed by atoms with Gasteiger partial charge in [0.05, 0.1) is 37.5 Å². The standard InChI is InChI=1S/C24H24FN5O5/c1-11-14(6-29-23-22(11)27-2-3-33-23)13-4-12-5-19(28-7-15(12)21(26)20(13)25)30-24(31)35-18-10-34-17-9-32-8-16(17)18/h4-7,16-18,27H,2-3,8-10,26H2,1H3,(H,28,30,31)/t16-,17+,18-/m0/s1. The monoisotopic (exact) mass is 481 g/mol. The van der Waals surface area contributed by atoms with Crippen LogP contribution in [0.5, 0.6) is 5.88 Å². The Morgan fingerprint density at radius 2 is 2.11 bits per heavy atom.